The summed E-state index contributed by atoms with van der Waals surface area (Å²) in [5.74, 6) is 0.500. The summed E-state index contributed by atoms with van der Waals surface area (Å²) in [7, 11) is 3.47. The van der Waals surface area contributed by atoms with Crippen LogP contribution in [0, 0.1) is 5.92 Å². The van der Waals surface area contributed by atoms with Crippen molar-refractivity contribution in [3.8, 4) is 0 Å². The molecule has 0 bridgehead atoms. The Kier molecular flexibility index (Phi) is 5.40. The molecule has 0 aromatic carbocycles. The van der Waals surface area contributed by atoms with E-state index in [1.54, 1.807) is 14.2 Å². The Balaban J connectivity index is 2.37. The van der Waals surface area contributed by atoms with Gasteiger partial charge in [0, 0.05) is 33.2 Å². The number of aliphatic hydroxyl groups excluding tert-OH is 1. The molecule has 1 saturated heterocycles. The van der Waals surface area contributed by atoms with Gasteiger partial charge in [-0.2, -0.15) is 0 Å². The molecule has 4 nitrogen and oxygen atoms in total. The Morgan fingerprint density at radius 3 is 2.79 bits per heavy atom. The first kappa shape index (κ1) is 11.9. The zero-order valence-corrected chi connectivity index (χ0v) is 9.11. The zero-order chi connectivity index (χ0) is 10.4. The van der Waals surface area contributed by atoms with Crippen LogP contribution in [0.1, 0.15) is 6.42 Å². The van der Waals surface area contributed by atoms with Crippen LogP contribution in [0.5, 0.6) is 0 Å². The summed E-state index contributed by atoms with van der Waals surface area (Å²) in [5.41, 5.74) is 0. The van der Waals surface area contributed by atoms with E-state index in [0.717, 1.165) is 32.7 Å². The van der Waals surface area contributed by atoms with Crippen molar-refractivity contribution in [2.24, 2.45) is 5.92 Å². The maximum absolute atomic E-state index is 8.84. The summed E-state index contributed by atoms with van der Waals surface area (Å²) in [4.78, 5) is 2.24. The zero-order valence-electron chi connectivity index (χ0n) is 9.11. The lowest BCUT2D eigenvalue weighted by molar-refractivity contribution is -0.0394. The van der Waals surface area contributed by atoms with Crippen LogP contribution in [0.15, 0.2) is 0 Å². The third-order valence-corrected chi connectivity index (χ3v) is 2.88. The largest absolute Gasteiger partial charge is 0.395 e. The molecule has 0 radical (unpaired) electrons. The van der Waals surface area contributed by atoms with Crippen molar-refractivity contribution < 1.29 is 14.6 Å². The van der Waals surface area contributed by atoms with Gasteiger partial charge in [-0.05, 0) is 13.0 Å². The summed E-state index contributed by atoms with van der Waals surface area (Å²) in [6, 6.07) is 0. The highest BCUT2D eigenvalue weighted by atomic mass is 16.5. The molecule has 14 heavy (non-hydrogen) atoms. The summed E-state index contributed by atoms with van der Waals surface area (Å²) in [5, 5.41) is 8.84. The van der Waals surface area contributed by atoms with Gasteiger partial charge in [0.05, 0.1) is 19.3 Å². The molecule has 0 saturated carbocycles. The van der Waals surface area contributed by atoms with E-state index in [-0.39, 0.29) is 12.7 Å². The lowest BCUT2D eigenvalue weighted by Crippen LogP contribution is -2.46. The molecular formula is C10H21NO3. The Hall–Kier alpha value is -0.160. The molecule has 0 spiro atoms. The number of rotatable bonds is 5. The average Bonchev–Trinajstić information content (AvgIpc) is 2.21. The van der Waals surface area contributed by atoms with Gasteiger partial charge in [-0.15, -0.1) is 0 Å². The maximum Gasteiger partial charge on any atom is 0.0748 e. The van der Waals surface area contributed by atoms with Crippen molar-refractivity contribution in [3.63, 3.8) is 0 Å². The highest BCUT2D eigenvalue weighted by Crippen LogP contribution is 2.19. The summed E-state index contributed by atoms with van der Waals surface area (Å²) in [6.45, 7) is 3.69. The third kappa shape index (κ3) is 3.20. The molecule has 2 atom stereocenters. The number of piperidine rings is 1. The lowest BCUT2D eigenvalue weighted by Gasteiger charge is -2.37. The van der Waals surface area contributed by atoms with E-state index in [4.69, 9.17) is 14.6 Å². The highest BCUT2D eigenvalue weighted by Gasteiger charge is 2.28. The fraction of sp³-hybridized carbons (Fsp3) is 1.00. The van der Waals surface area contributed by atoms with Crippen LogP contribution in [0.3, 0.4) is 0 Å². The number of β-amino-alcohol motifs (C(OH)–C–C–N with tert-alkyl or cyclic N) is 1. The van der Waals surface area contributed by atoms with Crippen LogP contribution in [0.25, 0.3) is 0 Å². The Morgan fingerprint density at radius 2 is 2.21 bits per heavy atom. The summed E-state index contributed by atoms with van der Waals surface area (Å²) >= 11 is 0. The van der Waals surface area contributed by atoms with Crippen LogP contribution in [-0.4, -0.2) is 63.2 Å². The molecule has 0 aromatic heterocycles. The van der Waals surface area contributed by atoms with E-state index in [1.807, 2.05) is 0 Å². The van der Waals surface area contributed by atoms with Gasteiger partial charge in [0.15, 0.2) is 0 Å². The predicted molar refractivity (Wildman–Crippen MR) is 54.3 cm³/mol. The SMILES string of the molecule is COCC1CCN(CCO)CC1OC. The third-order valence-electron chi connectivity index (χ3n) is 2.88. The molecule has 0 aliphatic carbocycles. The van der Waals surface area contributed by atoms with Gasteiger partial charge in [-0.25, -0.2) is 0 Å². The van der Waals surface area contributed by atoms with E-state index < -0.39 is 0 Å². The van der Waals surface area contributed by atoms with E-state index in [0.29, 0.717) is 5.92 Å². The highest BCUT2D eigenvalue weighted by molar-refractivity contribution is 4.80. The minimum Gasteiger partial charge on any atom is -0.395 e. The molecule has 1 aliphatic heterocycles. The molecule has 1 fully saturated rings. The number of methoxy groups -OCH3 is 2. The molecule has 1 N–H and O–H groups in total. The van der Waals surface area contributed by atoms with Gasteiger partial charge in [-0.1, -0.05) is 0 Å². The van der Waals surface area contributed by atoms with Crippen LogP contribution in [0.4, 0.5) is 0 Å². The number of hydrogen-bond donors (Lipinski definition) is 1. The van der Waals surface area contributed by atoms with Gasteiger partial charge in [0.25, 0.3) is 0 Å². The number of ether oxygens (including phenoxy) is 2. The maximum atomic E-state index is 8.84. The second kappa shape index (κ2) is 6.35. The van der Waals surface area contributed by atoms with E-state index >= 15 is 0 Å². The lowest BCUT2D eigenvalue weighted by atomic mass is 9.94. The van der Waals surface area contributed by atoms with Gasteiger partial charge in [0.2, 0.25) is 0 Å². The second-order valence-electron chi connectivity index (χ2n) is 3.80. The summed E-state index contributed by atoms with van der Waals surface area (Å²) in [6.07, 6.45) is 1.34. The first-order valence-electron chi connectivity index (χ1n) is 5.16. The molecule has 0 amide bonds. The standard InChI is InChI=1S/C10H21NO3/c1-13-8-9-3-4-11(5-6-12)7-10(9)14-2/h9-10,12H,3-8H2,1-2H3. The van der Waals surface area contributed by atoms with Crippen LogP contribution < -0.4 is 0 Å². The first-order valence-corrected chi connectivity index (χ1v) is 5.16. The fourth-order valence-electron chi connectivity index (χ4n) is 2.05. The molecule has 84 valence electrons. The molecular weight excluding hydrogens is 182 g/mol. The van der Waals surface area contributed by atoms with Gasteiger partial charge >= 0.3 is 0 Å². The van der Waals surface area contributed by atoms with Gasteiger partial charge in [-0.3, -0.25) is 4.90 Å². The molecule has 1 rings (SSSR count). The molecule has 1 aliphatic rings. The Morgan fingerprint density at radius 1 is 1.43 bits per heavy atom. The smallest absolute Gasteiger partial charge is 0.0748 e. The van der Waals surface area contributed by atoms with Crippen LogP contribution in [0.2, 0.25) is 0 Å². The minimum atomic E-state index is 0.228. The van der Waals surface area contributed by atoms with Crippen molar-refractivity contribution in [3.05, 3.63) is 0 Å². The van der Waals surface area contributed by atoms with E-state index in [1.165, 1.54) is 0 Å². The predicted octanol–water partition coefficient (Wildman–Crippen LogP) is -0.0380. The summed E-state index contributed by atoms with van der Waals surface area (Å²) < 4.78 is 10.6. The second-order valence-corrected chi connectivity index (χ2v) is 3.80. The van der Waals surface area contributed by atoms with E-state index in [9.17, 15) is 0 Å². The van der Waals surface area contributed by atoms with E-state index in [2.05, 4.69) is 4.90 Å². The number of aliphatic hydroxyl groups is 1. The molecule has 1 heterocycles. The fourth-order valence-corrected chi connectivity index (χ4v) is 2.05. The van der Waals surface area contributed by atoms with Crippen molar-refractivity contribution in [1.82, 2.24) is 4.90 Å². The van der Waals surface area contributed by atoms with Crippen molar-refractivity contribution in [2.45, 2.75) is 12.5 Å². The van der Waals surface area contributed by atoms with Gasteiger partial charge in [0.1, 0.15) is 0 Å². The Bertz CT molecular complexity index is 154. The normalized spacial score (nSPS) is 29.4. The quantitative estimate of drug-likeness (QED) is 0.681. The van der Waals surface area contributed by atoms with Crippen LogP contribution >= 0.6 is 0 Å². The van der Waals surface area contributed by atoms with Crippen molar-refractivity contribution in [2.75, 3.05) is 47.1 Å². The van der Waals surface area contributed by atoms with Crippen LogP contribution in [-0.2, 0) is 9.47 Å². The molecule has 2 unspecified atom stereocenters. The van der Waals surface area contributed by atoms with Crippen molar-refractivity contribution >= 4 is 0 Å². The Labute approximate surface area is 85.8 Å². The number of nitrogens with zero attached hydrogens (tertiary/aromatic N) is 1. The topological polar surface area (TPSA) is 41.9 Å². The number of hydrogen-bond acceptors (Lipinski definition) is 4. The minimum absolute atomic E-state index is 0.228. The molecule has 4 heteroatoms. The molecule has 0 aromatic rings. The monoisotopic (exact) mass is 203 g/mol. The first-order chi connectivity index (χ1) is 6.81. The number of likely N-dealkylation sites (tertiary alicyclic amines) is 1. The average molecular weight is 203 g/mol. The van der Waals surface area contributed by atoms with Crippen molar-refractivity contribution in [1.29, 1.82) is 0 Å². The van der Waals surface area contributed by atoms with Gasteiger partial charge < -0.3 is 14.6 Å².